The van der Waals surface area contributed by atoms with Crippen LogP contribution in [0.25, 0.3) is 5.69 Å². The molecule has 1 aromatic heterocycles. The van der Waals surface area contributed by atoms with Crippen LogP contribution in [0, 0.1) is 5.82 Å². The molecule has 150 valence electrons. The molecule has 0 atom stereocenters. The van der Waals surface area contributed by atoms with E-state index in [1.165, 1.54) is 0 Å². The summed E-state index contributed by atoms with van der Waals surface area (Å²) in [6.07, 6.45) is -5.22. The number of rotatable bonds is 4. The fourth-order valence-electron chi connectivity index (χ4n) is 2.33. The van der Waals surface area contributed by atoms with E-state index in [-0.39, 0.29) is 22.8 Å². The fourth-order valence-corrected chi connectivity index (χ4v) is 3.12. The molecule has 1 aromatic carbocycles. The summed E-state index contributed by atoms with van der Waals surface area (Å²) in [4.78, 5) is 27.7. The Bertz CT molecular complexity index is 992. The zero-order chi connectivity index (χ0) is 20.6. The highest BCUT2D eigenvalue weighted by Crippen LogP contribution is 2.30. The monoisotopic (exact) mass is 438 g/mol. The van der Waals surface area contributed by atoms with Crippen molar-refractivity contribution >= 4 is 29.3 Å². The molecule has 1 aliphatic rings. The SMILES string of the molecule is COc1nc(C(F)(F)F)cc(=O)n1-c1cc(C(=O)OC2CSC2)c(Cl)cc1F. The van der Waals surface area contributed by atoms with Crippen molar-refractivity contribution in [1.82, 2.24) is 9.55 Å². The molecule has 2 heterocycles. The number of hydrogen-bond acceptors (Lipinski definition) is 6. The Kier molecular flexibility index (Phi) is 5.57. The Morgan fingerprint density at radius 2 is 2.00 bits per heavy atom. The lowest BCUT2D eigenvalue weighted by molar-refractivity contribution is -0.141. The highest BCUT2D eigenvalue weighted by molar-refractivity contribution is 8.00. The van der Waals surface area contributed by atoms with E-state index in [1.54, 1.807) is 11.8 Å². The van der Waals surface area contributed by atoms with Crippen LogP contribution in [0.5, 0.6) is 6.01 Å². The number of nitrogens with zero attached hydrogens (tertiary/aromatic N) is 2. The lowest BCUT2D eigenvalue weighted by atomic mass is 10.2. The summed E-state index contributed by atoms with van der Waals surface area (Å²) in [5, 5.41) is -0.273. The minimum Gasteiger partial charge on any atom is -0.468 e. The van der Waals surface area contributed by atoms with Gasteiger partial charge in [-0.1, -0.05) is 11.6 Å². The van der Waals surface area contributed by atoms with E-state index in [0.29, 0.717) is 16.1 Å². The largest absolute Gasteiger partial charge is 0.468 e. The Labute approximate surface area is 164 Å². The van der Waals surface area contributed by atoms with Gasteiger partial charge in [0.05, 0.1) is 23.4 Å². The number of hydrogen-bond donors (Lipinski definition) is 0. The first-order valence-electron chi connectivity index (χ1n) is 7.65. The Morgan fingerprint density at radius 3 is 2.54 bits per heavy atom. The number of alkyl halides is 3. The van der Waals surface area contributed by atoms with E-state index >= 15 is 0 Å². The minimum atomic E-state index is -4.90. The molecular weight excluding hydrogens is 428 g/mol. The third-order valence-electron chi connectivity index (χ3n) is 3.74. The van der Waals surface area contributed by atoms with Crippen molar-refractivity contribution in [3.63, 3.8) is 0 Å². The number of carbonyl (C=O) groups excluding carboxylic acids is 1. The normalized spacial score (nSPS) is 14.5. The van der Waals surface area contributed by atoms with Gasteiger partial charge in [-0.05, 0) is 12.1 Å². The molecule has 3 rings (SSSR count). The maximum Gasteiger partial charge on any atom is 0.433 e. The van der Waals surface area contributed by atoms with Gasteiger partial charge in [0, 0.05) is 17.6 Å². The van der Waals surface area contributed by atoms with Crippen LogP contribution in [0.1, 0.15) is 16.1 Å². The smallest absolute Gasteiger partial charge is 0.433 e. The van der Waals surface area contributed by atoms with Crippen LogP contribution < -0.4 is 10.3 Å². The van der Waals surface area contributed by atoms with Crippen molar-refractivity contribution in [2.24, 2.45) is 0 Å². The number of carbonyl (C=O) groups is 1. The van der Waals surface area contributed by atoms with Gasteiger partial charge in [-0.15, -0.1) is 0 Å². The molecule has 0 spiro atoms. The third-order valence-corrected chi connectivity index (χ3v) is 5.27. The Morgan fingerprint density at radius 1 is 1.32 bits per heavy atom. The van der Waals surface area contributed by atoms with Crippen molar-refractivity contribution in [1.29, 1.82) is 0 Å². The first kappa shape index (κ1) is 20.5. The Hall–Kier alpha value is -2.27. The standard InChI is InChI=1S/C16H11ClF4N2O4S/c1-26-15-22-12(16(19,20)21)4-13(24)23(15)11-2-8(9(17)3-10(11)18)14(25)27-7-5-28-6-7/h2-4,7H,5-6H2,1H3. The first-order chi connectivity index (χ1) is 13.1. The Balaban J connectivity index is 2.11. The predicted octanol–water partition coefficient (Wildman–Crippen LogP) is 3.32. The van der Waals surface area contributed by atoms with Crippen LogP contribution in [0.4, 0.5) is 17.6 Å². The average molecular weight is 439 g/mol. The summed E-state index contributed by atoms with van der Waals surface area (Å²) in [5.41, 5.74) is -3.55. The topological polar surface area (TPSA) is 70.4 Å². The molecule has 6 nitrogen and oxygen atoms in total. The second-order valence-electron chi connectivity index (χ2n) is 5.65. The lowest BCUT2D eigenvalue weighted by Gasteiger charge is -2.25. The molecule has 1 aliphatic heterocycles. The van der Waals surface area contributed by atoms with Crippen LogP contribution in [0.2, 0.25) is 5.02 Å². The number of methoxy groups -OCH3 is 1. The van der Waals surface area contributed by atoms with Crippen LogP contribution >= 0.6 is 23.4 Å². The van der Waals surface area contributed by atoms with Gasteiger partial charge in [0.2, 0.25) is 0 Å². The van der Waals surface area contributed by atoms with Crippen LogP contribution in [0.15, 0.2) is 23.0 Å². The van der Waals surface area contributed by atoms with Crippen molar-refractivity contribution < 1.29 is 31.8 Å². The molecule has 0 saturated carbocycles. The van der Waals surface area contributed by atoms with Crippen LogP contribution in [0.3, 0.4) is 0 Å². The van der Waals surface area contributed by atoms with Crippen LogP contribution in [-0.2, 0) is 10.9 Å². The van der Waals surface area contributed by atoms with E-state index in [2.05, 4.69) is 4.98 Å². The lowest BCUT2D eigenvalue weighted by Crippen LogP contribution is -2.31. The van der Waals surface area contributed by atoms with Gasteiger partial charge in [-0.2, -0.15) is 29.9 Å². The summed E-state index contributed by atoms with van der Waals surface area (Å²) in [5.74, 6) is -0.702. The van der Waals surface area contributed by atoms with Crippen molar-refractivity contribution in [3.05, 3.63) is 50.7 Å². The third kappa shape index (κ3) is 3.95. The number of benzene rings is 1. The molecule has 2 aromatic rings. The van der Waals surface area contributed by atoms with Crippen LogP contribution in [-0.4, -0.2) is 40.2 Å². The molecule has 12 heteroatoms. The van der Waals surface area contributed by atoms with Gasteiger partial charge in [0.15, 0.2) is 5.69 Å². The highest BCUT2D eigenvalue weighted by Gasteiger charge is 2.35. The summed E-state index contributed by atoms with van der Waals surface area (Å²) in [7, 11) is 0.968. The van der Waals surface area contributed by atoms with Gasteiger partial charge in [-0.3, -0.25) is 4.79 Å². The van der Waals surface area contributed by atoms with Crippen molar-refractivity contribution in [2.45, 2.75) is 12.3 Å². The second kappa shape index (κ2) is 7.63. The molecular formula is C16H11ClF4N2O4S. The molecule has 0 amide bonds. The van der Waals surface area contributed by atoms with Gasteiger partial charge in [0.25, 0.3) is 5.56 Å². The maximum atomic E-state index is 14.4. The molecule has 1 fully saturated rings. The molecule has 0 bridgehead atoms. The molecule has 0 N–H and O–H groups in total. The maximum absolute atomic E-state index is 14.4. The van der Waals surface area contributed by atoms with E-state index in [1.807, 2.05) is 0 Å². The van der Waals surface area contributed by atoms with Gasteiger partial charge < -0.3 is 9.47 Å². The summed E-state index contributed by atoms with van der Waals surface area (Å²) in [6.45, 7) is 0. The molecule has 0 unspecified atom stereocenters. The average Bonchev–Trinajstić information content (AvgIpc) is 2.57. The van der Waals surface area contributed by atoms with E-state index in [9.17, 15) is 27.2 Å². The fraction of sp³-hybridized carbons (Fsp3) is 0.312. The van der Waals surface area contributed by atoms with Crippen molar-refractivity contribution in [2.75, 3.05) is 18.6 Å². The number of esters is 1. The van der Waals surface area contributed by atoms with Gasteiger partial charge >= 0.3 is 18.2 Å². The molecule has 0 radical (unpaired) electrons. The van der Waals surface area contributed by atoms with E-state index < -0.39 is 40.9 Å². The summed E-state index contributed by atoms with van der Waals surface area (Å²) in [6, 6.07) is 1.05. The second-order valence-corrected chi connectivity index (χ2v) is 7.13. The van der Waals surface area contributed by atoms with E-state index in [0.717, 1.165) is 19.2 Å². The first-order valence-corrected chi connectivity index (χ1v) is 9.18. The quantitative estimate of drug-likeness (QED) is 0.539. The number of halogens is 5. The zero-order valence-corrected chi connectivity index (χ0v) is 15.6. The zero-order valence-electron chi connectivity index (χ0n) is 14.0. The molecule has 1 saturated heterocycles. The molecule has 0 aliphatic carbocycles. The predicted molar refractivity (Wildman–Crippen MR) is 92.9 cm³/mol. The number of thioether (sulfide) groups is 1. The van der Waals surface area contributed by atoms with E-state index in [4.69, 9.17) is 21.1 Å². The van der Waals surface area contributed by atoms with Gasteiger partial charge in [-0.25, -0.2) is 13.8 Å². The summed E-state index contributed by atoms with van der Waals surface area (Å²) >= 11 is 7.46. The highest BCUT2D eigenvalue weighted by atomic mass is 35.5. The molecule has 28 heavy (non-hydrogen) atoms. The van der Waals surface area contributed by atoms with Crippen molar-refractivity contribution in [3.8, 4) is 11.7 Å². The van der Waals surface area contributed by atoms with Gasteiger partial charge in [0.1, 0.15) is 11.9 Å². The number of aromatic nitrogens is 2. The summed E-state index contributed by atoms with van der Waals surface area (Å²) < 4.78 is 63.4. The minimum absolute atomic E-state index is 0.195. The number of ether oxygens (including phenoxy) is 2.